The molecule has 0 unspecified atom stereocenters. The number of benzene rings is 1. The van der Waals surface area contributed by atoms with Crippen molar-refractivity contribution in [3.8, 4) is 0 Å². The lowest BCUT2D eigenvalue weighted by Gasteiger charge is -2.14. The van der Waals surface area contributed by atoms with E-state index in [0.717, 1.165) is 6.26 Å². The van der Waals surface area contributed by atoms with E-state index in [1.807, 2.05) is 0 Å². The summed E-state index contributed by atoms with van der Waals surface area (Å²) < 4.78 is 15.4. The van der Waals surface area contributed by atoms with Gasteiger partial charge in [0.25, 0.3) is 5.91 Å². The van der Waals surface area contributed by atoms with Crippen molar-refractivity contribution in [1.29, 1.82) is 0 Å². The number of aromatic nitrogens is 2. The number of H-pyrrole nitrogens is 2. The first kappa shape index (κ1) is 16.1. The predicted molar refractivity (Wildman–Crippen MR) is 86.2 cm³/mol. The van der Waals surface area contributed by atoms with E-state index < -0.39 is 18.5 Å². The van der Waals surface area contributed by atoms with Crippen LogP contribution in [-0.4, -0.2) is 41.7 Å². The summed E-state index contributed by atoms with van der Waals surface area (Å²) in [6.45, 7) is 0.109. The Labute approximate surface area is 143 Å². The maximum atomic E-state index is 11.9. The Morgan fingerprint density at radius 1 is 1.25 bits per heavy atom. The second-order valence-electron chi connectivity index (χ2n) is 4.78. The van der Waals surface area contributed by atoms with Crippen molar-refractivity contribution in [3.05, 3.63) is 39.1 Å². The molecule has 1 aliphatic rings. The highest BCUT2D eigenvalue weighted by atomic mass is 79.9. The number of esters is 1. The molecule has 1 amide bonds. The standard InChI is InChI=1S/C14H12BrN3O6/c15-7-3-9-10(18-14(21)17-9)4-8(7)16-12(19)6-24-13(20)11-5-22-1-2-23-11/h3-5H,1-2,6H2,(H,16,19)(H2,17,18,21). The molecule has 9 nitrogen and oxygen atoms in total. The first-order chi connectivity index (χ1) is 11.5. The van der Waals surface area contributed by atoms with Crippen molar-refractivity contribution in [2.75, 3.05) is 25.1 Å². The number of nitrogens with one attached hydrogen (secondary N) is 3. The summed E-state index contributed by atoms with van der Waals surface area (Å²) in [5, 5.41) is 2.58. The van der Waals surface area contributed by atoms with Crippen molar-refractivity contribution in [2.24, 2.45) is 0 Å². The van der Waals surface area contributed by atoms with Crippen LogP contribution >= 0.6 is 15.9 Å². The third-order valence-corrected chi connectivity index (χ3v) is 3.72. The molecular weight excluding hydrogens is 386 g/mol. The molecule has 1 aliphatic heterocycles. The molecule has 2 aromatic rings. The smallest absolute Gasteiger partial charge is 0.377 e. The highest BCUT2D eigenvalue weighted by molar-refractivity contribution is 9.10. The number of ether oxygens (including phenoxy) is 3. The van der Waals surface area contributed by atoms with E-state index in [2.05, 4.69) is 31.2 Å². The topological polar surface area (TPSA) is 123 Å². The summed E-state index contributed by atoms with van der Waals surface area (Å²) in [4.78, 5) is 40.0. The molecule has 0 aliphatic carbocycles. The van der Waals surface area contributed by atoms with Gasteiger partial charge in [0.1, 0.15) is 19.5 Å². The molecule has 0 bridgehead atoms. The number of fused-ring (bicyclic) bond motifs is 1. The number of carbonyl (C=O) groups excluding carboxylic acids is 2. The lowest BCUT2D eigenvalue weighted by atomic mass is 10.2. The van der Waals surface area contributed by atoms with Crippen molar-refractivity contribution >= 4 is 44.5 Å². The quantitative estimate of drug-likeness (QED) is 0.661. The first-order valence-corrected chi connectivity index (χ1v) is 7.65. The molecule has 0 fully saturated rings. The van der Waals surface area contributed by atoms with E-state index in [1.165, 1.54) is 0 Å². The largest absolute Gasteiger partial charge is 0.493 e. The molecule has 0 saturated heterocycles. The molecule has 126 valence electrons. The van der Waals surface area contributed by atoms with Gasteiger partial charge in [-0.3, -0.25) is 4.79 Å². The van der Waals surface area contributed by atoms with Gasteiger partial charge in [-0.05, 0) is 28.1 Å². The van der Waals surface area contributed by atoms with Gasteiger partial charge in [0.15, 0.2) is 6.61 Å². The van der Waals surface area contributed by atoms with Crippen LogP contribution in [-0.2, 0) is 23.8 Å². The van der Waals surface area contributed by atoms with Crippen LogP contribution in [0, 0.1) is 0 Å². The fourth-order valence-corrected chi connectivity index (χ4v) is 2.46. The number of amides is 1. The molecule has 1 aromatic carbocycles. The molecular formula is C14H12BrN3O6. The Hall–Kier alpha value is -2.75. The minimum atomic E-state index is -0.783. The van der Waals surface area contributed by atoms with Crippen LogP contribution in [0.1, 0.15) is 0 Å². The minimum absolute atomic E-state index is 0.0819. The monoisotopic (exact) mass is 397 g/mol. The van der Waals surface area contributed by atoms with Crippen LogP contribution < -0.4 is 11.0 Å². The van der Waals surface area contributed by atoms with Gasteiger partial charge in [-0.25, -0.2) is 9.59 Å². The summed E-state index contributed by atoms with van der Waals surface area (Å²) in [7, 11) is 0. The summed E-state index contributed by atoms with van der Waals surface area (Å²) in [6.07, 6.45) is 1.15. The maximum absolute atomic E-state index is 11.9. The molecule has 0 saturated carbocycles. The fraction of sp³-hybridized carbons (Fsp3) is 0.214. The molecule has 10 heteroatoms. The Morgan fingerprint density at radius 3 is 2.71 bits per heavy atom. The van der Waals surface area contributed by atoms with E-state index in [9.17, 15) is 14.4 Å². The van der Waals surface area contributed by atoms with Gasteiger partial charge in [0.2, 0.25) is 5.76 Å². The average molecular weight is 398 g/mol. The molecule has 24 heavy (non-hydrogen) atoms. The lowest BCUT2D eigenvalue weighted by molar-refractivity contribution is -0.148. The molecule has 0 radical (unpaired) electrons. The Kier molecular flexibility index (Phi) is 4.56. The number of anilines is 1. The zero-order valence-corrected chi connectivity index (χ0v) is 13.8. The van der Waals surface area contributed by atoms with Crippen molar-refractivity contribution in [3.63, 3.8) is 0 Å². The highest BCUT2D eigenvalue weighted by Crippen LogP contribution is 2.26. The van der Waals surface area contributed by atoms with Gasteiger partial charge >= 0.3 is 11.7 Å². The van der Waals surface area contributed by atoms with E-state index in [4.69, 9.17) is 14.2 Å². The molecule has 3 rings (SSSR count). The van der Waals surface area contributed by atoms with Gasteiger partial charge in [-0.1, -0.05) is 0 Å². The Bertz CT molecular complexity index is 884. The van der Waals surface area contributed by atoms with Crippen LogP contribution in [0.2, 0.25) is 0 Å². The summed E-state index contributed by atoms with van der Waals surface area (Å²) in [5.74, 6) is -1.41. The second kappa shape index (κ2) is 6.79. The molecule has 2 heterocycles. The van der Waals surface area contributed by atoms with Crippen molar-refractivity contribution in [2.45, 2.75) is 0 Å². The highest BCUT2D eigenvalue weighted by Gasteiger charge is 2.18. The number of rotatable bonds is 4. The van der Waals surface area contributed by atoms with Crippen molar-refractivity contribution in [1.82, 2.24) is 9.97 Å². The molecule has 0 spiro atoms. The molecule has 1 aromatic heterocycles. The van der Waals surface area contributed by atoms with E-state index >= 15 is 0 Å². The number of halogens is 1. The zero-order valence-electron chi connectivity index (χ0n) is 12.2. The molecule has 0 atom stereocenters. The molecule has 3 N–H and O–H groups in total. The van der Waals surface area contributed by atoms with Crippen LogP contribution in [0.15, 0.2) is 33.4 Å². The summed E-state index contributed by atoms with van der Waals surface area (Å²) >= 11 is 3.29. The summed E-state index contributed by atoms with van der Waals surface area (Å²) in [6, 6.07) is 3.23. The van der Waals surface area contributed by atoms with Crippen molar-refractivity contribution < 1.29 is 23.8 Å². The van der Waals surface area contributed by atoms with Gasteiger partial charge in [0, 0.05) is 4.47 Å². The lowest BCUT2D eigenvalue weighted by Crippen LogP contribution is -2.23. The van der Waals surface area contributed by atoms with Crippen LogP contribution in [0.3, 0.4) is 0 Å². The normalized spacial score (nSPS) is 13.6. The van der Waals surface area contributed by atoms with Crippen LogP contribution in [0.4, 0.5) is 5.69 Å². The van der Waals surface area contributed by atoms with Gasteiger partial charge < -0.3 is 29.5 Å². The van der Waals surface area contributed by atoms with Gasteiger partial charge in [-0.2, -0.15) is 0 Å². The summed E-state index contributed by atoms with van der Waals surface area (Å²) in [5.41, 5.74) is 1.21. The van der Waals surface area contributed by atoms with Crippen LogP contribution in [0.25, 0.3) is 11.0 Å². The van der Waals surface area contributed by atoms with Gasteiger partial charge in [-0.15, -0.1) is 0 Å². The Balaban J connectivity index is 1.62. The fourth-order valence-electron chi connectivity index (χ4n) is 2.02. The van der Waals surface area contributed by atoms with Crippen LogP contribution in [0.5, 0.6) is 0 Å². The number of hydrogen-bond donors (Lipinski definition) is 3. The minimum Gasteiger partial charge on any atom is -0.493 e. The van der Waals surface area contributed by atoms with E-state index in [-0.39, 0.29) is 18.1 Å². The van der Waals surface area contributed by atoms with Gasteiger partial charge in [0.05, 0.1) is 16.7 Å². The third kappa shape index (κ3) is 3.59. The first-order valence-electron chi connectivity index (χ1n) is 6.86. The van der Waals surface area contributed by atoms with E-state index in [0.29, 0.717) is 27.8 Å². The Morgan fingerprint density at radius 2 is 2.00 bits per heavy atom. The maximum Gasteiger partial charge on any atom is 0.377 e. The number of imidazole rings is 1. The SMILES string of the molecule is O=C(COC(=O)C1=COCCO1)Nc1cc2[nH]c(=O)[nH]c2cc1Br. The second-order valence-corrected chi connectivity index (χ2v) is 5.64. The number of hydrogen-bond acceptors (Lipinski definition) is 6. The zero-order chi connectivity index (χ0) is 17.1. The number of aromatic amines is 2. The average Bonchev–Trinajstić information content (AvgIpc) is 2.92. The number of carbonyl (C=O) groups is 2. The predicted octanol–water partition coefficient (Wildman–Crippen LogP) is 0.989. The third-order valence-electron chi connectivity index (χ3n) is 3.06. The van der Waals surface area contributed by atoms with E-state index in [1.54, 1.807) is 12.1 Å².